The minimum Gasteiger partial charge on any atom is -0.363 e. The Bertz CT molecular complexity index is 389. The largest absolute Gasteiger partial charge is 0.363 e. The summed E-state index contributed by atoms with van der Waals surface area (Å²) in [5.41, 5.74) is 7.05. The van der Waals surface area contributed by atoms with E-state index in [0.717, 1.165) is 5.57 Å². The van der Waals surface area contributed by atoms with Crippen LogP contribution in [0.4, 0.5) is 0 Å². The summed E-state index contributed by atoms with van der Waals surface area (Å²) in [5, 5.41) is 3.50. The maximum absolute atomic E-state index is 11.2. The molecule has 1 heterocycles. The third kappa shape index (κ3) is 1.28. The second kappa shape index (κ2) is 2.62. The number of aliphatic imine (C=N–C) groups is 1. The molecule has 0 aromatic carbocycles. The highest BCUT2D eigenvalue weighted by atomic mass is 16.3. The van der Waals surface area contributed by atoms with Crippen molar-refractivity contribution in [1.82, 2.24) is 0 Å². The van der Waals surface area contributed by atoms with Crippen LogP contribution >= 0.6 is 0 Å². The first-order valence-electron chi connectivity index (χ1n) is 3.92. The highest BCUT2D eigenvalue weighted by Gasteiger charge is 2.34. The number of hydrogen-bond donors (Lipinski definition) is 1. The van der Waals surface area contributed by atoms with Crippen LogP contribution < -0.4 is 5.73 Å². The summed E-state index contributed by atoms with van der Waals surface area (Å²) in [6, 6.07) is -0.406. The number of fused-ring (bicyclic) bond motifs is 1. The maximum atomic E-state index is 11.2. The summed E-state index contributed by atoms with van der Waals surface area (Å²) in [7, 11) is 0. The number of hydrogen-bond acceptors (Lipinski definition) is 3. The van der Waals surface area contributed by atoms with Crippen molar-refractivity contribution in [2.45, 2.75) is 13.0 Å². The predicted molar refractivity (Wildman–Crippen MR) is 49.4 cm³/mol. The molecule has 0 saturated heterocycles. The van der Waals surface area contributed by atoms with Gasteiger partial charge < -0.3 is 5.73 Å². The number of nitroso groups, excluding NO2 is 1. The third-order valence-corrected chi connectivity index (χ3v) is 1.90. The molecule has 2 aliphatic rings. The molecule has 0 bridgehead atoms. The van der Waals surface area contributed by atoms with E-state index in [9.17, 15) is 4.91 Å². The van der Waals surface area contributed by atoms with Crippen LogP contribution in [0.3, 0.4) is 0 Å². The third-order valence-electron chi connectivity index (χ3n) is 1.90. The van der Waals surface area contributed by atoms with Gasteiger partial charge in [-0.3, -0.25) is 0 Å². The van der Waals surface area contributed by atoms with Gasteiger partial charge in [-0.05, 0) is 24.6 Å². The molecule has 2 rings (SSSR count). The van der Waals surface area contributed by atoms with Crippen molar-refractivity contribution in [2.75, 3.05) is 0 Å². The van der Waals surface area contributed by atoms with Gasteiger partial charge >= 0.3 is 0 Å². The average Bonchev–Trinajstić information content (AvgIpc) is 2.02. The average molecular weight is 177 g/mol. The lowest BCUT2D eigenvalue weighted by Crippen LogP contribution is -2.35. The standard InChI is InChI=1S/C8H9N4O/c1-5-2-3-7-6(4-5)10-8(9)11-12(7)13/h2-4,7H,1H3,(H2,9,11,13)/q+1. The summed E-state index contributed by atoms with van der Waals surface area (Å²) >= 11 is 0. The SMILES string of the molecule is CC1=CC2=NC(N)=N[N+](=O)C2C=C1. The zero-order valence-electron chi connectivity index (χ0n) is 7.14. The van der Waals surface area contributed by atoms with Crippen LogP contribution in [0, 0.1) is 4.91 Å². The zero-order chi connectivity index (χ0) is 9.42. The molecule has 0 saturated carbocycles. The molecule has 5 nitrogen and oxygen atoms in total. The Balaban J connectivity index is 2.46. The number of allylic oxidation sites excluding steroid dienone is 2. The molecule has 13 heavy (non-hydrogen) atoms. The molecule has 0 radical (unpaired) electrons. The predicted octanol–water partition coefficient (Wildman–Crippen LogP) is 0.334. The fraction of sp³-hybridized carbons (Fsp3) is 0.250. The van der Waals surface area contributed by atoms with Crippen molar-refractivity contribution >= 4 is 11.7 Å². The Morgan fingerprint density at radius 3 is 3.15 bits per heavy atom. The lowest BCUT2D eigenvalue weighted by atomic mass is 10.0. The van der Waals surface area contributed by atoms with Crippen molar-refractivity contribution in [1.29, 1.82) is 0 Å². The van der Waals surface area contributed by atoms with Crippen LogP contribution in [0.2, 0.25) is 0 Å². The van der Waals surface area contributed by atoms with Gasteiger partial charge in [-0.25, -0.2) is 4.99 Å². The fourth-order valence-corrected chi connectivity index (χ4v) is 1.31. The first-order valence-corrected chi connectivity index (χ1v) is 3.92. The number of nitrogens with zero attached hydrogens (tertiary/aromatic N) is 3. The van der Waals surface area contributed by atoms with Gasteiger partial charge in [-0.1, -0.05) is 6.08 Å². The highest BCUT2D eigenvalue weighted by Crippen LogP contribution is 2.13. The molecule has 0 aromatic rings. The fourth-order valence-electron chi connectivity index (χ4n) is 1.31. The molecule has 5 heteroatoms. The van der Waals surface area contributed by atoms with Gasteiger partial charge in [-0.2, -0.15) is 0 Å². The van der Waals surface area contributed by atoms with Gasteiger partial charge in [0.2, 0.25) is 0 Å². The first kappa shape index (κ1) is 7.85. The van der Waals surface area contributed by atoms with Crippen LogP contribution in [0.5, 0.6) is 0 Å². The van der Waals surface area contributed by atoms with Gasteiger partial charge in [-0.15, -0.1) is 0 Å². The lowest BCUT2D eigenvalue weighted by molar-refractivity contribution is -0.565. The number of rotatable bonds is 0. The lowest BCUT2D eigenvalue weighted by Gasteiger charge is -2.10. The van der Waals surface area contributed by atoms with Crippen LogP contribution in [-0.4, -0.2) is 22.6 Å². The molecular weight excluding hydrogens is 168 g/mol. The minimum atomic E-state index is -0.406. The Labute approximate surface area is 74.9 Å². The Morgan fingerprint density at radius 2 is 2.38 bits per heavy atom. The quantitative estimate of drug-likeness (QED) is 0.542. The van der Waals surface area contributed by atoms with E-state index in [1.807, 2.05) is 19.1 Å². The van der Waals surface area contributed by atoms with Gasteiger partial charge in [0.25, 0.3) is 12.0 Å². The Hall–Kier alpha value is -1.78. The molecule has 1 atom stereocenters. The summed E-state index contributed by atoms with van der Waals surface area (Å²) in [6.45, 7) is 1.94. The van der Waals surface area contributed by atoms with E-state index < -0.39 is 6.04 Å². The van der Waals surface area contributed by atoms with Gasteiger partial charge in [0, 0.05) is 0 Å². The number of guanidine groups is 1. The summed E-state index contributed by atoms with van der Waals surface area (Å²) < 4.78 is 0. The van der Waals surface area contributed by atoms with Crippen molar-refractivity contribution in [2.24, 2.45) is 15.8 Å². The molecular formula is C8H9N4O+. The molecule has 1 unspecified atom stereocenters. The van der Waals surface area contributed by atoms with Gasteiger partial charge in [0.1, 0.15) is 5.71 Å². The molecule has 1 aliphatic heterocycles. The Morgan fingerprint density at radius 1 is 1.62 bits per heavy atom. The van der Waals surface area contributed by atoms with E-state index in [0.29, 0.717) is 10.6 Å². The zero-order valence-corrected chi connectivity index (χ0v) is 7.14. The van der Waals surface area contributed by atoms with Crippen molar-refractivity contribution in [3.05, 3.63) is 28.7 Å². The first-order chi connectivity index (χ1) is 6.16. The second-order valence-corrected chi connectivity index (χ2v) is 2.99. The second-order valence-electron chi connectivity index (χ2n) is 2.99. The van der Waals surface area contributed by atoms with Crippen molar-refractivity contribution < 1.29 is 4.87 Å². The smallest absolute Gasteiger partial charge is 0.297 e. The van der Waals surface area contributed by atoms with Crippen molar-refractivity contribution in [3.8, 4) is 0 Å². The van der Waals surface area contributed by atoms with Crippen LogP contribution in [0.1, 0.15) is 6.92 Å². The molecule has 66 valence electrons. The normalized spacial score (nSPS) is 26.1. The highest BCUT2D eigenvalue weighted by molar-refractivity contribution is 6.08. The minimum absolute atomic E-state index is 0.0144. The molecule has 0 fully saturated rings. The Kier molecular flexibility index (Phi) is 1.58. The van der Waals surface area contributed by atoms with E-state index in [2.05, 4.69) is 10.1 Å². The van der Waals surface area contributed by atoms with Gasteiger partial charge in [0.05, 0.1) is 10.0 Å². The van der Waals surface area contributed by atoms with Crippen LogP contribution in [0.25, 0.3) is 0 Å². The molecule has 2 N–H and O–H groups in total. The molecule has 1 aliphatic carbocycles. The van der Waals surface area contributed by atoms with Gasteiger partial charge in [0.15, 0.2) is 4.87 Å². The number of nitrogens with two attached hydrogens (primary N) is 1. The van der Waals surface area contributed by atoms with E-state index in [-0.39, 0.29) is 5.96 Å². The topological polar surface area (TPSA) is 70.8 Å². The van der Waals surface area contributed by atoms with Crippen molar-refractivity contribution in [3.63, 3.8) is 0 Å². The summed E-state index contributed by atoms with van der Waals surface area (Å²) in [6.07, 6.45) is 5.46. The van der Waals surface area contributed by atoms with E-state index >= 15 is 0 Å². The molecule has 0 amide bonds. The monoisotopic (exact) mass is 177 g/mol. The molecule has 0 spiro atoms. The van der Waals surface area contributed by atoms with E-state index in [1.165, 1.54) is 0 Å². The van der Waals surface area contributed by atoms with Crippen LogP contribution in [0.15, 0.2) is 33.9 Å². The maximum Gasteiger partial charge on any atom is 0.297 e. The summed E-state index contributed by atoms with van der Waals surface area (Å²) in [5.74, 6) is 0.0144. The molecule has 0 aromatic heterocycles. The summed E-state index contributed by atoms with van der Waals surface area (Å²) in [4.78, 5) is 15.8. The van der Waals surface area contributed by atoms with Crippen LogP contribution in [-0.2, 0) is 0 Å². The van der Waals surface area contributed by atoms with E-state index in [1.54, 1.807) is 6.08 Å². The number of hydrazone groups is 1. The van der Waals surface area contributed by atoms with E-state index in [4.69, 9.17) is 5.73 Å².